The largest absolute Gasteiger partial charge is 0.444 e. The van der Waals surface area contributed by atoms with Gasteiger partial charge in [-0.15, -0.1) is 0 Å². The van der Waals surface area contributed by atoms with Crippen molar-refractivity contribution in [3.8, 4) is 0 Å². The number of carbonyl (C=O) groups excluding carboxylic acids is 1. The number of carbonyl (C=O) groups is 1. The summed E-state index contributed by atoms with van der Waals surface area (Å²) in [6.07, 6.45) is -0.547. The summed E-state index contributed by atoms with van der Waals surface area (Å²) in [6.45, 7) is 6.54. The zero-order chi connectivity index (χ0) is 7.44. The maximum absolute atomic E-state index is 10.6. The van der Waals surface area contributed by atoms with E-state index < -0.39 is 12.2 Å². The van der Waals surface area contributed by atoms with Gasteiger partial charge in [-0.1, -0.05) is 6.58 Å². The van der Waals surface area contributed by atoms with Crippen molar-refractivity contribution in [3.05, 3.63) is 12.2 Å². The second-order valence-electron chi connectivity index (χ2n) is 1.89. The quantitative estimate of drug-likeness (QED) is 0.338. The lowest BCUT2D eigenvalue weighted by Gasteiger charge is -2.05. The molecule has 0 aromatic rings. The molecule has 0 saturated carbocycles. The van der Waals surface area contributed by atoms with Crippen LogP contribution in [0.2, 0.25) is 0 Å². The number of hydrogen-bond acceptors (Lipinski definition) is 4. The van der Waals surface area contributed by atoms with Crippen LogP contribution in [0.25, 0.3) is 0 Å². The molecule has 4 heteroatoms. The SMILES string of the molecule is C=C(C)C(=O)OC(C)N.N. The van der Waals surface area contributed by atoms with Crippen molar-refractivity contribution in [2.45, 2.75) is 20.1 Å². The number of nitrogens with two attached hydrogens (primary N) is 1. The Bertz CT molecular complexity index is 132. The van der Waals surface area contributed by atoms with Gasteiger partial charge in [-0.25, -0.2) is 4.79 Å². The second kappa shape index (κ2) is 4.96. The van der Waals surface area contributed by atoms with E-state index in [1.54, 1.807) is 13.8 Å². The van der Waals surface area contributed by atoms with Gasteiger partial charge < -0.3 is 10.9 Å². The molecule has 0 aliphatic rings. The highest BCUT2D eigenvalue weighted by Gasteiger charge is 2.03. The van der Waals surface area contributed by atoms with Gasteiger partial charge in [-0.3, -0.25) is 5.73 Å². The van der Waals surface area contributed by atoms with E-state index in [0.717, 1.165) is 0 Å². The summed E-state index contributed by atoms with van der Waals surface area (Å²) in [5, 5.41) is 0. The monoisotopic (exact) mass is 146 g/mol. The number of hydrogen-bond donors (Lipinski definition) is 2. The molecule has 0 aromatic heterocycles. The Morgan fingerprint density at radius 2 is 2.10 bits per heavy atom. The molecule has 0 aliphatic heterocycles. The third-order valence-electron chi connectivity index (χ3n) is 0.641. The molecule has 0 fully saturated rings. The molecule has 0 heterocycles. The maximum Gasteiger partial charge on any atom is 0.334 e. The van der Waals surface area contributed by atoms with Crippen molar-refractivity contribution in [2.75, 3.05) is 0 Å². The van der Waals surface area contributed by atoms with Crippen molar-refractivity contribution in [1.29, 1.82) is 0 Å². The van der Waals surface area contributed by atoms with Gasteiger partial charge in [0, 0.05) is 5.57 Å². The van der Waals surface area contributed by atoms with Crippen LogP contribution in [0, 0.1) is 0 Å². The minimum Gasteiger partial charge on any atom is -0.444 e. The lowest BCUT2D eigenvalue weighted by atomic mass is 10.4. The van der Waals surface area contributed by atoms with E-state index in [1.807, 2.05) is 0 Å². The van der Waals surface area contributed by atoms with Crippen LogP contribution < -0.4 is 11.9 Å². The Labute approximate surface area is 60.6 Å². The van der Waals surface area contributed by atoms with Gasteiger partial charge in [0.05, 0.1) is 0 Å². The molecular formula is C6H14N2O2. The Hall–Kier alpha value is -0.870. The first-order valence-electron chi connectivity index (χ1n) is 2.66. The molecule has 1 unspecified atom stereocenters. The second-order valence-corrected chi connectivity index (χ2v) is 1.89. The number of ether oxygens (including phenoxy) is 1. The van der Waals surface area contributed by atoms with E-state index in [2.05, 4.69) is 11.3 Å². The van der Waals surface area contributed by atoms with Gasteiger partial charge in [0.2, 0.25) is 0 Å². The van der Waals surface area contributed by atoms with Gasteiger partial charge in [-0.05, 0) is 13.8 Å². The van der Waals surface area contributed by atoms with Crippen LogP contribution in [0.4, 0.5) is 0 Å². The number of rotatable bonds is 2. The third kappa shape index (κ3) is 5.27. The standard InChI is InChI=1S/C6H11NO2.H3N/c1-4(2)6(8)9-5(3)7;/h5H,1,7H2,2-3H3;1H3. The van der Waals surface area contributed by atoms with Gasteiger partial charge >= 0.3 is 5.97 Å². The molecule has 0 bridgehead atoms. The van der Waals surface area contributed by atoms with Crippen molar-refractivity contribution in [2.24, 2.45) is 5.73 Å². The smallest absolute Gasteiger partial charge is 0.334 e. The highest BCUT2D eigenvalue weighted by Crippen LogP contribution is 1.92. The van der Waals surface area contributed by atoms with Crippen LogP contribution in [0.5, 0.6) is 0 Å². The van der Waals surface area contributed by atoms with Crippen molar-refractivity contribution in [3.63, 3.8) is 0 Å². The highest BCUT2D eigenvalue weighted by molar-refractivity contribution is 5.86. The van der Waals surface area contributed by atoms with E-state index in [1.165, 1.54) is 0 Å². The zero-order valence-corrected chi connectivity index (χ0v) is 6.39. The van der Waals surface area contributed by atoms with Gasteiger partial charge in [0.25, 0.3) is 0 Å². The van der Waals surface area contributed by atoms with Crippen molar-refractivity contribution >= 4 is 5.97 Å². The summed E-state index contributed by atoms with van der Waals surface area (Å²) < 4.78 is 4.55. The van der Waals surface area contributed by atoms with Crippen molar-refractivity contribution < 1.29 is 9.53 Å². The summed E-state index contributed by atoms with van der Waals surface area (Å²) in [5.41, 5.74) is 5.51. The van der Waals surface area contributed by atoms with Gasteiger partial charge in [0.15, 0.2) is 0 Å². The molecule has 0 saturated heterocycles. The minimum atomic E-state index is -0.547. The zero-order valence-electron chi connectivity index (χ0n) is 6.39. The normalized spacial score (nSPS) is 11.1. The van der Waals surface area contributed by atoms with Gasteiger partial charge in [-0.2, -0.15) is 0 Å². The predicted octanol–water partition coefficient (Wildman–Crippen LogP) is 0.572. The molecular weight excluding hydrogens is 132 g/mol. The predicted molar refractivity (Wildman–Crippen MR) is 39.6 cm³/mol. The molecule has 4 nitrogen and oxygen atoms in total. The van der Waals surface area contributed by atoms with E-state index in [-0.39, 0.29) is 6.15 Å². The molecule has 10 heavy (non-hydrogen) atoms. The summed E-state index contributed by atoms with van der Waals surface area (Å²) >= 11 is 0. The van der Waals surface area contributed by atoms with Crippen LogP contribution in [0.3, 0.4) is 0 Å². The van der Waals surface area contributed by atoms with E-state index in [9.17, 15) is 4.79 Å². The van der Waals surface area contributed by atoms with E-state index in [0.29, 0.717) is 5.57 Å². The summed E-state index contributed by atoms with van der Waals surface area (Å²) in [7, 11) is 0. The lowest BCUT2D eigenvalue weighted by molar-refractivity contribution is -0.143. The Balaban J connectivity index is 0. The number of esters is 1. The minimum absolute atomic E-state index is 0. The Morgan fingerprint density at radius 3 is 2.20 bits per heavy atom. The Morgan fingerprint density at radius 1 is 1.70 bits per heavy atom. The molecule has 0 rings (SSSR count). The molecule has 0 aromatic carbocycles. The lowest BCUT2D eigenvalue weighted by Crippen LogP contribution is -2.23. The molecule has 0 aliphatic carbocycles. The molecule has 0 spiro atoms. The van der Waals surface area contributed by atoms with Crippen molar-refractivity contribution in [1.82, 2.24) is 6.15 Å². The van der Waals surface area contributed by atoms with Crippen LogP contribution >= 0.6 is 0 Å². The molecule has 0 amide bonds. The fourth-order valence-electron chi connectivity index (χ4n) is 0.269. The van der Waals surface area contributed by atoms with Crippen LogP contribution in [0.1, 0.15) is 13.8 Å². The van der Waals surface area contributed by atoms with Crippen LogP contribution in [-0.2, 0) is 9.53 Å². The molecule has 0 radical (unpaired) electrons. The molecule has 5 N–H and O–H groups in total. The van der Waals surface area contributed by atoms with E-state index >= 15 is 0 Å². The van der Waals surface area contributed by atoms with Crippen LogP contribution in [-0.4, -0.2) is 12.2 Å². The van der Waals surface area contributed by atoms with Crippen LogP contribution in [0.15, 0.2) is 12.2 Å². The fourth-order valence-corrected chi connectivity index (χ4v) is 0.269. The average Bonchev–Trinajstić information content (AvgIpc) is 1.63. The van der Waals surface area contributed by atoms with E-state index in [4.69, 9.17) is 5.73 Å². The Kier molecular flexibility index (Phi) is 5.89. The first-order valence-corrected chi connectivity index (χ1v) is 2.66. The average molecular weight is 146 g/mol. The molecule has 60 valence electrons. The summed E-state index contributed by atoms with van der Waals surface area (Å²) in [5.74, 6) is -0.440. The molecule has 1 atom stereocenters. The first-order chi connectivity index (χ1) is 4.04. The third-order valence-corrected chi connectivity index (χ3v) is 0.641. The maximum atomic E-state index is 10.6. The topological polar surface area (TPSA) is 87.3 Å². The summed E-state index contributed by atoms with van der Waals surface area (Å²) in [6, 6.07) is 0. The van der Waals surface area contributed by atoms with Gasteiger partial charge in [0.1, 0.15) is 6.23 Å². The highest BCUT2D eigenvalue weighted by atomic mass is 16.6. The fraction of sp³-hybridized carbons (Fsp3) is 0.500. The first kappa shape index (κ1) is 11.9. The summed E-state index contributed by atoms with van der Waals surface area (Å²) in [4.78, 5) is 10.6.